The molecule has 0 amide bonds. The van der Waals surface area contributed by atoms with E-state index in [2.05, 4.69) is 49.9 Å². The lowest BCUT2D eigenvalue weighted by atomic mass is 9.95. The second-order valence-electron chi connectivity index (χ2n) is 7.05. The Balaban J connectivity index is 2.75. The molecule has 4 heteroatoms. The van der Waals surface area contributed by atoms with Crippen molar-refractivity contribution < 1.29 is 0 Å². The molecule has 4 nitrogen and oxygen atoms in total. The van der Waals surface area contributed by atoms with E-state index in [1.54, 1.807) is 0 Å². The molecule has 0 aliphatic heterocycles. The maximum absolute atomic E-state index is 6.04. The third-order valence-electron chi connectivity index (χ3n) is 3.73. The fourth-order valence-electron chi connectivity index (χ4n) is 2.19. The normalized spacial score (nSPS) is 13.2. The molecule has 1 heterocycles. The number of rotatable bonds is 7. The summed E-state index contributed by atoms with van der Waals surface area (Å²) in [5.41, 5.74) is 6.90. The Morgan fingerprint density at radius 3 is 2.38 bits per heavy atom. The number of unbranched alkanes of at least 4 members (excludes halogenated alkanes) is 3. The van der Waals surface area contributed by atoms with Crippen molar-refractivity contribution >= 4 is 11.6 Å². The van der Waals surface area contributed by atoms with Gasteiger partial charge in [-0.05, 0) is 20.3 Å². The number of aromatic nitrogens is 2. The largest absolute Gasteiger partial charge is 0.383 e. The van der Waals surface area contributed by atoms with Crippen molar-refractivity contribution in [3.8, 4) is 0 Å². The Morgan fingerprint density at radius 2 is 1.81 bits per heavy atom. The van der Waals surface area contributed by atoms with Crippen LogP contribution in [0.15, 0.2) is 0 Å². The molecule has 0 aliphatic rings. The van der Waals surface area contributed by atoms with Gasteiger partial charge in [0.1, 0.15) is 17.5 Å². The van der Waals surface area contributed by atoms with Crippen molar-refractivity contribution in [1.29, 1.82) is 0 Å². The van der Waals surface area contributed by atoms with Crippen molar-refractivity contribution in [2.75, 3.05) is 11.1 Å². The number of hydrogen-bond acceptors (Lipinski definition) is 4. The van der Waals surface area contributed by atoms with Crippen LogP contribution in [-0.4, -0.2) is 16.0 Å². The Bertz CT molecular complexity index is 449. The van der Waals surface area contributed by atoms with E-state index in [0.717, 1.165) is 23.6 Å². The maximum Gasteiger partial charge on any atom is 0.138 e. The summed E-state index contributed by atoms with van der Waals surface area (Å²) >= 11 is 0. The monoisotopic (exact) mass is 292 g/mol. The van der Waals surface area contributed by atoms with Gasteiger partial charge in [0.2, 0.25) is 0 Å². The van der Waals surface area contributed by atoms with Crippen molar-refractivity contribution in [3.63, 3.8) is 0 Å². The third kappa shape index (κ3) is 5.52. The van der Waals surface area contributed by atoms with Crippen molar-refractivity contribution in [1.82, 2.24) is 9.97 Å². The molecule has 0 radical (unpaired) electrons. The van der Waals surface area contributed by atoms with E-state index in [-0.39, 0.29) is 5.41 Å². The van der Waals surface area contributed by atoms with Gasteiger partial charge in [0.25, 0.3) is 0 Å². The summed E-state index contributed by atoms with van der Waals surface area (Å²) in [5, 5.41) is 3.51. The molecule has 3 N–H and O–H groups in total. The standard InChI is InChI=1S/C17H32N4/c1-7-8-9-10-11-12(2)19-15-13(3)14(18)20-16(21-15)17(4,5)6/h12H,7-11H2,1-6H3,(H3,18,19,20,21). The molecule has 1 unspecified atom stereocenters. The number of anilines is 2. The van der Waals surface area contributed by atoms with Gasteiger partial charge in [-0.15, -0.1) is 0 Å². The zero-order chi connectivity index (χ0) is 16.0. The smallest absolute Gasteiger partial charge is 0.138 e. The minimum atomic E-state index is -0.0946. The predicted octanol–water partition coefficient (Wildman–Crippen LogP) is 4.44. The summed E-state index contributed by atoms with van der Waals surface area (Å²) in [6.45, 7) is 12.7. The van der Waals surface area contributed by atoms with Gasteiger partial charge in [-0.25, -0.2) is 9.97 Å². The van der Waals surface area contributed by atoms with E-state index in [0.29, 0.717) is 11.9 Å². The molecule has 0 aliphatic carbocycles. The highest BCUT2D eigenvalue weighted by Gasteiger charge is 2.20. The number of hydrogen-bond donors (Lipinski definition) is 2. The van der Waals surface area contributed by atoms with Gasteiger partial charge in [-0.1, -0.05) is 53.4 Å². The Kier molecular flexibility index (Phi) is 6.43. The van der Waals surface area contributed by atoms with Crippen molar-refractivity contribution in [2.24, 2.45) is 0 Å². The molecule has 120 valence electrons. The molecule has 1 aromatic rings. The lowest BCUT2D eigenvalue weighted by Crippen LogP contribution is -2.22. The van der Waals surface area contributed by atoms with Gasteiger partial charge in [-0.2, -0.15) is 0 Å². The average Bonchev–Trinajstić information content (AvgIpc) is 2.38. The average molecular weight is 292 g/mol. The van der Waals surface area contributed by atoms with Crippen LogP contribution in [0.4, 0.5) is 11.6 Å². The highest BCUT2D eigenvalue weighted by atomic mass is 15.1. The van der Waals surface area contributed by atoms with E-state index in [4.69, 9.17) is 5.73 Å². The molecular weight excluding hydrogens is 260 g/mol. The number of nitrogen functional groups attached to an aromatic ring is 1. The lowest BCUT2D eigenvalue weighted by Gasteiger charge is -2.22. The van der Waals surface area contributed by atoms with Crippen LogP contribution >= 0.6 is 0 Å². The van der Waals surface area contributed by atoms with Crippen LogP contribution in [0.25, 0.3) is 0 Å². The van der Waals surface area contributed by atoms with E-state index >= 15 is 0 Å². The molecule has 1 atom stereocenters. The van der Waals surface area contributed by atoms with E-state index in [1.807, 2.05) is 6.92 Å². The molecule has 21 heavy (non-hydrogen) atoms. The Labute approximate surface area is 130 Å². The first kappa shape index (κ1) is 17.7. The molecule has 0 bridgehead atoms. The van der Waals surface area contributed by atoms with Crippen LogP contribution in [0.5, 0.6) is 0 Å². The number of nitrogens with two attached hydrogens (primary N) is 1. The predicted molar refractivity (Wildman–Crippen MR) is 91.7 cm³/mol. The molecule has 0 aromatic carbocycles. The minimum absolute atomic E-state index is 0.0946. The second-order valence-corrected chi connectivity index (χ2v) is 7.05. The van der Waals surface area contributed by atoms with Gasteiger partial charge in [0, 0.05) is 17.0 Å². The van der Waals surface area contributed by atoms with Gasteiger partial charge in [0.15, 0.2) is 0 Å². The van der Waals surface area contributed by atoms with Crippen LogP contribution in [0.2, 0.25) is 0 Å². The quantitative estimate of drug-likeness (QED) is 0.729. The van der Waals surface area contributed by atoms with E-state index < -0.39 is 0 Å². The summed E-state index contributed by atoms with van der Waals surface area (Å²) in [6.07, 6.45) is 6.32. The minimum Gasteiger partial charge on any atom is -0.383 e. The molecule has 0 saturated heterocycles. The highest BCUT2D eigenvalue weighted by molar-refractivity contribution is 5.55. The molecular formula is C17H32N4. The molecule has 0 saturated carbocycles. The van der Waals surface area contributed by atoms with Gasteiger partial charge in [0.05, 0.1) is 0 Å². The Morgan fingerprint density at radius 1 is 1.14 bits per heavy atom. The first-order valence-corrected chi connectivity index (χ1v) is 8.16. The fourth-order valence-corrected chi connectivity index (χ4v) is 2.19. The number of nitrogens with one attached hydrogen (secondary N) is 1. The zero-order valence-electron chi connectivity index (χ0n) is 14.6. The Hall–Kier alpha value is -1.32. The number of nitrogens with zero attached hydrogens (tertiary/aromatic N) is 2. The maximum atomic E-state index is 6.04. The van der Waals surface area contributed by atoms with Crippen LogP contribution in [-0.2, 0) is 5.41 Å². The fraction of sp³-hybridized carbons (Fsp3) is 0.765. The summed E-state index contributed by atoms with van der Waals surface area (Å²) in [6, 6.07) is 0.405. The summed E-state index contributed by atoms with van der Waals surface area (Å²) in [5.74, 6) is 2.26. The summed E-state index contributed by atoms with van der Waals surface area (Å²) < 4.78 is 0. The van der Waals surface area contributed by atoms with Gasteiger partial charge >= 0.3 is 0 Å². The highest BCUT2D eigenvalue weighted by Crippen LogP contribution is 2.25. The van der Waals surface area contributed by atoms with Crippen LogP contribution in [0, 0.1) is 6.92 Å². The van der Waals surface area contributed by atoms with Crippen LogP contribution in [0.1, 0.15) is 78.1 Å². The molecule has 0 spiro atoms. The zero-order valence-corrected chi connectivity index (χ0v) is 14.6. The molecule has 1 aromatic heterocycles. The summed E-state index contributed by atoms with van der Waals surface area (Å²) in [7, 11) is 0. The lowest BCUT2D eigenvalue weighted by molar-refractivity contribution is 0.544. The topological polar surface area (TPSA) is 63.8 Å². The van der Waals surface area contributed by atoms with Gasteiger partial charge in [-0.3, -0.25) is 0 Å². The summed E-state index contributed by atoms with van der Waals surface area (Å²) in [4.78, 5) is 9.11. The van der Waals surface area contributed by atoms with Crippen LogP contribution in [0.3, 0.4) is 0 Å². The van der Waals surface area contributed by atoms with Crippen LogP contribution < -0.4 is 11.1 Å². The SMILES string of the molecule is CCCCCCC(C)Nc1nc(C(C)(C)C)nc(N)c1C. The first-order chi connectivity index (χ1) is 9.75. The van der Waals surface area contributed by atoms with Gasteiger partial charge < -0.3 is 11.1 Å². The molecule has 1 rings (SSSR count). The first-order valence-electron chi connectivity index (χ1n) is 8.16. The molecule has 0 fully saturated rings. The van der Waals surface area contributed by atoms with Crippen molar-refractivity contribution in [2.45, 2.75) is 85.1 Å². The van der Waals surface area contributed by atoms with Crippen molar-refractivity contribution in [3.05, 3.63) is 11.4 Å². The van der Waals surface area contributed by atoms with E-state index in [9.17, 15) is 0 Å². The van der Waals surface area contributed by atoms with E-state index in [1.165, 1.54) is 25.7 Å². The second kappa shape index (κ2) is 7.62. The third-order valence-corrected chi connectivity index (χ3v) is 3.73.